The Balaban J connectivity index is 1.54. The molecule has 2 aromatic carbocycles. The van der Waals surface area contributed by atoms with Crippen LogP contribution >= 0.6 is 11.6 Å². The number of nitrogens with one attached hydrogen (secondary N) is 1. The van der Waals surface area contributed by atoms with E-state index in [1.54, 1.807) is 24.3 Å². The van der Waals surface area contributed by atoms with Crippen LogP contribution in [0.3, 0.4) is 0 Å². The van der Waals surface area contributed by atoms with Crippen molar-refractivity contribution in [2.45, 2.75) is 31.3 Å². The highest BCUT2D eigenvalue weighted by atomic mass is 35.5. The van der Waals surface area contributed by atoms with Crippen LogP contribution in [0.1, 0.15) is 15.9 Å². The van der Waals surface area contributed by atoms with Crippen molar-refractivity contribution in [3.8, 4) is 0 Å². The summed E-state index contributed by atoms with van der Waals surface area (Å²) in [7, 11) is 0. The van der Waals surface area contributed by atoms with Gasteiger partial charge in [0.05, 0.1) is 23.2 Å². The Bertz CT molecular complexity index is 1280. The minimum Gasteiger partial charge on any atom is -0.366 e. The zero-order valence-corrected chi connectivity index (χ0v) is 18.6. The fourth-order valence-electron chi connectivity index (χ4n) is 4.18. The van der Waals surface area contributed by atoms with Gasteiger partial charge in [0.2, 0.25) is 11.8 Å². The van der Waals surface area contributed by atoms with Crippen LogP contribution in [0.4, 0.5) is 8.78 Å². The van der Waals surface area contributed by atoms with Crippen LogP contribution in [0.25, 0.3) is 10.9 Å². The summed E-state index contributed by atoms with van der Waals surface area (Å²) in [5, 5.41) is 2.98. The van der Waals surface area contributed by atoms with Gasteiger partial charge in [-0.1, -0.05) is 41.9 Å². The van der Waals surface area contributed by atoms with Gasteiger partial charge >= 0.3 is 0 Å². The van der Waals surface area contributed by atoms with Crippen molar-refractivity contribution < 1.29 is 23.2 Å². The summed E-state index contributed by atoms with van der Waals surface area (Å²) < 4.78 is 30.1. The van der Waals surface area contributed by atoms with Gasteiger partial charge in [-0.3, -0.25) is 14.4 Å². The Morgan fingerprint density at radius 2 is 1.88 bits per heavy atom. The van der Waals surface area contributed by atoms with Gasteiger partial charge in [0.25, 0.3) is 5.91 Å². The first kappa shape index (κ1) is 23.7. The largest absolute Gasteiger partial charge is 0.366 e. The van der Waals surface area contributed by atoms with Crippen LogP contribution in [0.2, 0.25) is 5.02 Å². The Labute approximate surface area is 198 Å². The number of halogens is 3. The molecule has 1 fully saturated rings. The Morgan fingerprint density at radius 1 is 1.15 bits per heavy atom. The lowest BCUT2D eigenvalue weighted by molar-refractivity contribution is -0.139. The molecule has 8 nitrogen and oxygen atoms in total. The molecule has 11 heteroatoms. The molecule has 2 heterocycles. The summed E-state index contributed by atoms with van der Waals surface area (Å²) in [4.78, 5) is 38.9. The third-order valence-corrected chi connectivity index (χ3v) is 6.21. The molecule has 1 aromatic heterocycles. The molecule has 178 valence electrons. The van der Waals surface area contributed by atoms with Crippen molar-refractivity contribution in [3.63, 3.8) is 0 Å². The maximum atomic E-state index is 14.5. The highest BCUT2D eigenvalue weighted by Crippen LogP contribution is 2.24. The molecule has 0 bridgehead atoms. The second kappa shape index (κ2) is 9.40. The molecule has 0 saturated carbocycles. The smallest absolute Gasteiger partial charge is 0.250 e. The number of carbonyl (C=O) groups is 3. The summed E-state index contributed by atoms with van der Waals surface area (Å²) in [5.74, 6) is -2.61. The minimum absolute atomic E-state index is 0.0979. The van der Waals surface area contributed by atoms with Gasteiger partial charge in [-0.05, 0) is 12.1 Å². The zero-order valence-electron chi connectivity index (χ0n) is 17.9. The van der Waals surface area contributed by atoms with Crippen molar-refractivity contribution in [2.24, 2.45) is 11.5 Å². The molecular formula is C23H22ClF2N5O3. The predicted molar refractivity (Wildman–Crippen MR) is 122 cm³/mol. The maximum Gasteiger partial charge on any atom is 0.250 e. The highest BCUT2D eigenvalue weighted by Gasteiger charge is 2.46. The Kier molecular flexibility index (Phi) is 6.54. The molecule has 0 unspecified atom stereocenters. The molecule has 3 aromatic rings. The number of hydrogen-bond donors (Lipinski definition) is 3. The van der Waals surface area contributed by atoms with Crippen molar-refractivity contribution in [3.05, 3.63) is 70.6 Å². The molecule has 34 heavy (non-hydrogen) atoms. The molecule has 3 atom stereocenters. The molecule has 1 aliphatic rings. The van der Waals surface area contributed by atoms with E-state index in [0.29, 0.717) is 10.9 Å². The first-order valence-electron chi connectivity index (χ1n) is 10.5. The number of fused-ring (bicyclic) bond motifs is 1. The summed E-state index contributed by atoms with van der Waals surface area (Å²) in [6, 6.07) is 8.70. The topological polar surface area (TPSA) is 123 Å². The number of hydrogen-bond acceptors (Lipinski definition) is 4. The quantitative estimate of drug-likeness (QED) is 0.488. The van der Waals surface area contributed by atoms with Crippen molar-refractivity contribution in [1.82, 2.24) is 14.8 Å². The van der Waals surface area contributed by atoms with Crippen LogP contribution in [0.15, 0.2) is 48.7 Å². The van der Waals surface area contributed by atoms with E-state index < -0.39 is 41.8 Å². The number of para-hydroxylation sites is 1. The third-order valence-electron chi connectivity index (χ3n) is 5.92. The van der Waals surface area contributed by atoms with E-state index in [1.165, 1.54) is 29.0 Å². The van der Waals surface area contributed by atoms with E-state index in [4.69, 9.17) is 23.1 Å². The minimum atomic E-state index is -1.62. The number of benzene rings is 2. The fourth-order valence-corrected chi connectivity index (χ4v) is 4.38. The van der Waals surface area contributed by atoms with Crippen molar-refractivity contribution >= 4 is 40.2 Å². The normalized spacial score (nSPS) is 20.0. The van der Waals surface area contributed by atoms with Crippen LogP contribution in [-0.2, 0) is 22.7 Å². The first-order chi connectivity index (χ1) is 16.2. The predicted octanol–water partition coefficient (Wildman–Crippen LogP) is 1.73. The van der Waals surface area contributed by atoms with Gasteiger partial charge in [0.15, 0.2) is 0 Å². The number of likely N-dealkylation sites (tertiary alicyclic amines) is 1. The van der Waals surface area contributed by atoms with Gasteiger partial charge in [0, 0.05) is 29.2 Å². The zero-order chi connectivity index (χ0) is 24.6. The van der Waals surface area contributed by atoms with E-state index in [1.807, 2.05) is 0 Å². The molecule has 1 saturated heterocycles. The molecular weight excluding hydrogens is 468 g/mol. The average Bonchev–Trinajstić information content (AvgIpc) is 3.32. The van der Waals surface area contributed by atoms with Gasteiger partial charge in [-0.25, -0.2) is 8.78 Å². The lowest BCUT2D eigenvalue weighted by Crippen LogP contribution is -2.53. The van der Waals surface area contributed by atoms with Gasteiger partial charge < -0.3 is 26.3 Å². The number of primary amides is 1. The third kappa shape index (κ3) is 4.34. The maximum absolute atomic E-state index is 14.5. The standard InChI is InChI=1S/C23H22ClF2N5O3/c24-15-6-3-4-12(19(15)26)8-29-23(34)21-20(27)16(25)10-31(21)18(32)11-30-9-14(22(28)33)13-5-1-2-7-17(13)30/h1-7,9,16,20-21H,8,10-11,27H2,(H2,28,33)(H,29,34)/t16-,20+,21-/m0/s1. The monoisotopic (exact) mass is 489 g/mol. The number of alkyl halides is 1. The second-order valence-corrected chi connectivity index (χ2v) is 8.47. The summed E-state index contributed by atoms with van der Waals surface area (Å²) in [6.07, 6.45) is -0.171. The molecule has 0 radical (unpaired) electrons. The summed E-state index contributed by atoms with van der Waals surface area (Å²) in [5.41, 5.74) is 12.3. The Morgan fingerprint density at radius 3 is 2.62 bits per heavy atom. The van der Waals surface area contributed by atoms with Crippen LogP contribution in [0.5, 0.6) is 0 Å². The molecule has 3 amide bonds. The number of nitrogens with zero attached hydrogens (tertiary/aromatic N) is 2. The fraction of sp³-hybridized carbons (Fsp3) is 0.261. The molecule has 5 N–H and O–H groups in total. The number of rotatable bonds is 6. The second-order valence-electron chi connectivity index (χ2n) is 8.07. The lowest BCUT2D eigenvalue weighted by Gasteiger charge is -2.26. The van der Waals surface area contributed by atoms with E-state index >= 15 is 0 Å². The van der Waals surface area contributed by atoms with E-state index in [0.717, 1.165) is 4.90 Å². The van der Waals surface area contributed by atoms with Crippen molar-refractivity contribution in [1.29, 1.82) is 0 Å². The number of amides is 3. The highest BCUT2D eigenvalue weighted by molar-refractivity contribution is 6.30. The van der Waals surface area contributed by atoms with E-state index in [9.17, 15) is 23.2 Å². The number of aromatic nitrogens is 1. The van der Waals surface area contributed by atoms with Crippen LogP contribution in [0, 0.1) is 5.82 Å². The average molecular weight is 490 g/mol. The molecule has 4 rings (SSSR count). The van der Waals surface area contributed by atoms with Gasteiger partial charge in [-0.15, -0.1) is 0 Å². The van der Waals surface area contributed by atoms with Crippen LogP contribution < -0.4 is 16.8 Å². The SMILES string of the molecule is NC(=O)c1cn(CC(=O)N2C[C@H](F)[C@@H](N)[C@H]2C(=O)NCc2cccc(Cl)c2F)c2ccccc12. The van der Waals surface area contributed by atoms with Crippen molar-refractivity contribution in [2.75, 3.05) is 6.54 Å². The summed E-state index contributed by atoms with van der Waals surface area (Å²) in [6.45, 7) is -0.844. The lowest BCUT2D eigenvalue weighted by atomic mass is 10.1. The molecule has 0 spiro atoms. The molecule has 0 aliphatic carbocycles. The first-order valence-corrected chi connectivity index (χ1v) is 10.8. The van der Waals surface area contributed by atoms with Gasteiger partial charge in [-0.2, -0.15) is 0 Å². The van der Waals surface area contributed by atoms with E-state index in [2.05, 4.69) is 5.32 Å². The number of nitrogens with two attached hydrogens (primary N) is 2. The Hall–Kier alpha value is -3.50. The van der Waals surface area contributed by atoms with E-state index in [-0.39, 0.29) is 35.8 Å². The number of carbonyl (C=O) groups excluding carboxylic acids is 3. The summed E-state index contributed by atoms with van der Waals surface area (Å²) >= 11 is 5.76. The van der Waals surface area contributed by atoms with Gasteiger partial charge in [0.1, 0.15) is 24.6 Å². The molecule has 1 aliphatic heterocycles. The van der Waals surface area contributed by atoms with Crippen LogP contribution in [-0.4, -0.2) is 52.0 Å².